The minimum absolute atomic E-state index is 0.105. The number of aromatic nitrogens is 1. The van der Waals surface area contributed by atoms with Crippen LogP contribution in [-0.4, -0.2) is 16.4 Å². The van der Waals surface area contributed by atoms with Crippen LogP contribution in [0.3, 0.4) is 0 Å². The first-order chi connectivity index (χ1) is 5.61. The molecule has 0 aliphatic carbocycles. The number of ether oxygens (including phenoxy) is 1. The quantitative estimate of drug-likeness (QED) is 0.757. The molecule has 1 rings (SSSR count). The van der Waals surface area contributed by atoms with E-state index in [1.54, 1.807) is 19.2 Å². The van der Waals surface area contributed by atoms with Crippen LogP contribution < -0.4 is 0 Å². The van der Waals surface area contributed by atoms with Crippen LogP contribution in [0.4, 0.5) is 0 Å². The molecule has 0 fully saturated rings. The number of esters is 1. The summed E-state index contributed by atoms with van der Waals surface area (Å²) in [6, 6.07) is 0. The third-order valence-corrected chi connectivity index (χ3v) is 2.60. The van der Waals surface area contributed by atoms with Crippen molar-refractivity contribution in [1.29, 1.82) is 0 Å². The summed E-state index contributed by atoms with van der Waals surface area (Å²) in [7, 11) is 0. The fourth-order valence-electron chi connectivity index (χ4n) is 0.629. The molecule has 66 valence electrons. The maximum atomic E-state index is 11.2. The van der Waals surface area contributed by atoms with E-state index in [2.05, 4.69) is 20.3 Å². The Bertz CT molecular complexity index is 285. The molecular weight excluding hydrogens is 242 g/mol. The summed E-state index contributed by atoms with van der Waals surface area (Å²) in [6.45, 7) is 3.61. The van der Waals surface area contributed by atoms with Crippen molar-refractivity contribution in [3.8, 4) is 0 Å². The number of carbonyl (C=O) groups is 1. The van der Waals surface area contributed by atoms with Crippen molar-refractivity contribution in [2.75, 3.05) is 0 Å². The molecule has 0 aliphatic heterocycles. The van der Waals surface area contributed by atoms with Gasteiger partial charge in [0, 0.05) is 5.38 Å². The van der Waals surface area contributed by atoms with Crippen LogP contribution in [0, 0.1) is 0 Å². The van der Waals surface area contributed by atoms with E-state index in [0.29, 0.717) is 10.2 Å². The van der Waals surface area contributed by atoms with Gasteiger partial charge >= 0.3 is 5.97 Å². The molecule has 0 radical (unpaired) electrons. The Kier molecular flexibility index (Phi) is 3.22. The Morgan fingerprint density at radius 2 is 2.42 bits per heavy atom. The summed E-state index contributed by atoms with van der Waals surface area (Å²) in [5, 5.41) is 1.75. The van der Waals surface area contributed by atoms with Gasteiger partial charge in [0.2, 0.25) is 0 Å². The molecule has 0 bridgehead atoms. The van der Waals surface area contributed by atoms with Crippen molar-refractivity contribution in [3.05, 3.63) is 15.5 Å². The van der Waals surface area contributed by atoms with Gasteiger partial charge in [-0.15, -0.1) is 0 Å². The van der Waals surface area contributed by atoms with Gasteiger partial charge in [0.1, 0.15) is 0 Å². The summed E-state index contributed by atoms with van der Waals surface area (Å²) in [4.78, 5) is 11.2. The SMILES string of the molecule is CC(C)OC(=O)c1nscc1Br. The third-order valence-electron chi connectivity index (χ3n) is 1.06. The molecule has 0 unspecified atom stereocenters. The number of hydrogen-bond donors (Lipinski definition) is 0. The Labute approximate surface area is 83.0 Å². The van der Waals surface area contributed by atoms with Gasteiger partial charge in [-0.1, -0.05) is 0 Å². The molecule has 0 amide bonds. The van der Waals surface area contributed by atoms with Crippen molar-refractivity contribution in [1.82, 2.24) is 4.37 Å². The number of nitrogens with zero attached hydrogens (tertiary/aromatic N) is 1. The Hall–Kier alpha value is -0.420. The molecule has 0 N–H and O–H groups in total. The zero-order chi connectivity index (χ0) is 9.14. The smallest absolute Gasteiger partial charge is 0.359 e. The second-order valence-electron chi connectivity index (χ2n) is 2.47. The fraction of sp³-hybridized carbons (Fsp3) is 0.429. The third kappa shape index (κ3) is 2.28. The Morgan fingerprint density at radius 1 is 1.75 bits per heavy atom. The molecule has 0 aromatic carbocycles. The molecule has 0 saturated carbocycles. The fourth-order valence-corrected chi connectivity index (χ4v) is 1.78. The van der Waals surface area contributed by atoms with Gasteiger partial charge in [-0.05, 0) is 41.3 Å². The van der Waals surface area contributed by atoms with Gasteiger partial charge in [0.05, 0.1) is 10.6 Å². The summed E-state index contributed by atoms with van der Waals surface area (Å²) < 4.78 is 9.53. The summed E-state index contributed by atoms with van der Waals surface area (Å²) in [5.74, 6) is -0.377. The van der Waals surface area contributed by atoms with Gasteiger partial charge < -0.3 is 4.74 Å². The molecule has 0 aliphatic rings. The first-order valence-corrected chi connectivity index (χ1v) is 5.05. The van der Waals surface area contributed by atoms with Gasteiger partial charge in [0.15, 0.2) is 5.69 Å². The minimum atomic E-state index is -0.377. The molecule has 3 nitrogen and oxygen atoms in total. The van der Waals surface area contributed by atoms with Gasteiger partial charge in [-0.3, -0.25) is 0 Å². The first kappa shape index (κ1) is 9.67. The van der Waals surface area contributed by atoms with Crippen LogP contribution in [0.25, 0.3) is 0 Å². The monoisotopic (exact) mass is 249 g/mol. The number of rotatable bonds is 2. The zero-order valence-corrected chi connectivity index (χ0v) is 9.11. The Balaban J connectivity index is 2.72. The normalized spacial score (nSPS) is 10.3. The topological polar surface area (TPSA) is 39.2 Å². The van der Waals surface area contributed by atoms with E-state index in [9.17, 15) is 4.79 Å². The molecule has 1 heterocycles. The number of hydrogen-bond acceptors (Lipinski definition) is 4. The van der Waals surface area contributed by atoms with Crippen LogP contribution in [0.2, 0.25) is 0 Å². The average molecular weight is 250 g/mol. The number of carbonyl (C=O) groups excluding carboxylic acids is 1. The van der Waals surface area contributed by atoms with E-state index in [4.69, 9.17) is 4.74 Å². The van der Waals surface area contributed by atoms with E-state index in [1.807, 2.05) is 0 Å². The lowest BCUT2D eigenvalue weighted by Gasteiger charge is -2.05. The van der Waals surface area contributed by atoms with E-state index in [-0.39, 0.29) is 12.1 Å². The van der Waals surface area contributed by atoms with Crippen LogP contribution in [0.1, 0.15) is 24.3 Å². The molecular formula is C7H8BrNO2S. The first-order valence-electron chi connectivity index (χ1n) is 3.42. The molecule has 1 aromatic rings. The van der Waals surface area contributed by atoms with Crippen molar-refractivity contribution in [2.45, 2.75) is 20.0 Å². The lowest BCUT2D eigenvalue weighted by Crippen LogP contribution is -2.12. The maximum absolute atomic E-state index is 11.2. The Morgan fingerprint density at radius 3 is 2.83 bits per heavy atom. The summed E-state index contributed by atoms with van der Waals surface area (Å²) in [5.41, 5.74) is 0.355. The molecule has 0 spiro atoms. The maximum Gasteiger partial charge on any atom is 0.359 e. The zero-order valence-electron chi connectivity index (χ0n) is 6.70. The van der Waals surface area contributed by atoms with E-state index in [0.717, 1.165) is 0 Å². The highest BCUT2D eigenvalue weighted by molar-refractivity contribution is 9.10. The highest BCUT2D eigenvalue weighted by Gasteiger charge is 2.15. The molecule has 12 heavy (non-hydrogen) atoms. The molecule has 5 heteroatoms. The highest BCUT2D eigenvalue weighted by Crippen LogP contribution is 2.18. The van der Waals surface area contributed by atoms with Crippen molar-refractivity contribution in [2.24, 2.45) is 0 Å². The lowest BCUT2D eigenvalue weighted by atomic mass is 10.4. The predicted octanol–water partition coefficient (Wildman–Crippen LogP) is 2.47. The van der Waals surface area contributed by atoms with Crippen LogP contribution in [-0.2, 0) is 4.74 Å². The minimum Gasteiger partial charge on any atom is -0.458 e. The second kappa shape index (κ2) is 4.00. The van der Waals surface area contributed by atoms with E-state index >= 15 is 0 Å². The van der Waals surface area contributed by atoms with Crippen molar-refractivity contribution < 1.29 is 9.53 Å². The van der Waals surface area contributed by atoms with Crippen LogP contribution in [0.5, 0.6) is 0 Å². The largest absolute Gasteiger partial charge is 0.458 e. The van der Waals surface area contributed by atoms with E-state index in [1.165, 1.54) is 11.5 Å². The highest BCUT2D eigenvalue weighted by atomic mass is 79.9. The van der Waals surface area contributed by atoms with Crippen LogP contribution in [0.15, 0.2) is 9.85 Å². The van der Waals surface area contributed by atoms with Crippen molar-refractivity contribution in [3.63, 3.8) is 0 Å². The molecule has 0 atom stereocenters. The predicted molar refractivity (Wildman–Crippen MR) is 50.4 cm³/mol. The summed E-state index contributed by atoms with van der Waals surface area (Å²) >= 11 is 4.43. The number of halogens is 1. The molecule has 0 saturated heterocycles. The average Bonchev–Trinajstić information content (AvgIpc) is 2.33. The van der Waals surface area contributed by atoms with Gasteiger partial charge in [-0.2, -0.15) is 4.37 Å². The standard InChI is InChI=1S/C7H8BrNO2S/c1-4(2)11-7(10)6-5(8)3-12-9-6/h3-4H,1-2H3. The lowest BCUT2D eigenvalue weighted by molar-refractivity contribution is 0.0371. The van der Waals surface area contributed by atoms with Crippen molar-refractivity contribution >= 4 is 33.4 Å². The van der Waals surface area contributed by atoms with Gasteiger partial charge in [-0.25, -0.2) is 4.79 Å². The van der Waals surface area contributed by atoms with Crippen LogP contribution >= 0.6 is 27.5 Å². The van der Waals surface area contributed by atoms with Gasteiger partial charge in [0.25, 0.3) is 0 Å². The summed E-state index contributed by atoms with van der Waals surface area (Å²) in [6.07, 6.45) is -0.105. The molecule has 1 aromatic heterocycles. The van der Waals surface area contributed by atoms with E-state index < -0.39 is 0 Å². The second-order valence-corrected chi connectivity index (χ2v) is 3.95.